The van der Waals surface area contributed by atoms with Gasteiger partial charge >= 0.3 is 12.1 Å². The first-order valence-corrected chi connectivity index (χ1v) is 7.50. The van der Waals surface area contributed by atoms with Crippen molar-refractivity contribution in [1.82, 2.24) is 10.4 Å². The predicted molar refractivity (Wildman–Crippen MR) is 81.9 cm³/mol. The van der Waals surface area contributed by atoms with Gasteiger partial charge in [0, 0.05) is 6.42 Å². The summed E-state index contributed by atoms with van der Waals surface area (Å²) in [6, 6.07) is -1.05. The van der Waals surface area contributed by atoms with Crippen molar-refractivity contribution in [1.29, 1.82) is 0 Å². The number of carbonyl (C=O) groups is 4. The smallest absolute Gasteiger partial charge is 0.408 e. The molecule has 0 spiro atoms. The fourth-order valence-corrected chi connectivity index (χ4v) is 1.54. The Bertz CT molecular complexity index is 442. The fraction of sp³-hybridized carbons (Fsp3) is 0.733. The first kappa shape index (κ1) is 20.9. The topological polar surface area (TPSA) is 102 Å². The second-order valence-corrected chi connectivity index (χ2v) is 6.35. The van der Waals surface area contributed by atoms with Crippen LogP contribution in [0.5, 0.6) is 0 Å². The van der Waals surface area contributed by atoms with Crippen LogP contribution in [0.1, 0.15) is 54.4 Å². The molecule has 0 aliphatic carbocycles. The third-order valence-corrected chi connectivity index (χ3v) is 2.59. The predicted octanol–water partition coefficient (Wildman–Crippen LogP) is 1.78. The molecule has 0 bridgehead atoms. The maximum absolute atomic E-state index is 12.1. The number of nitrogens with one attached hydrogen (secondary N) is 1. The molecule has 8 heteroatoms. The minimum absolute atomic E-state index is 0.0673. The lowest BCUT2D eigenvalue weighted by Crippen LogP contribution is -2.49. The van der Waals surface area contributed by atoms with Crippen molar-refractivity contribution in [2.24, 2.45) is 5.92 Å². The van der Waals surface area contributed by atoms with E-state index in [9.17, 15) is 19.2 Å². The van der Waals surface area contributed by atoms with Gasteiger partial charge in [0.25, 0.3) is 12.3 Å². The zero-order valence-electron chi connectivity index (χ0n) is 14.5. The zero-order valence-corrected chi connectivity index (χ0v) is 14.5. The number of hydroxylamine groups is 2. The molecule has 0 fully saturated rings. The van der Waals surface area contributed by atoms with Crippen LogP contribution in [0, 0.1) is 5.92 Å². The summed E-state index contributed by atoms with van der Waals surface area (Å²) < 4.78 is 5.08. The van der Waals surface area contributed by atoms with Crippen LogP contribution < -0.4 is 5.32 Å². The second-order valence-electron chi connectivity index (χ2n) is 6.35. The van der Waals surface area contributed by atoms with E-state index in [1.54, 1.807) is 41.5 Å². The van der Waals surface area contributed by atoms with Crippen molar-refractivity contribution in [2.45, 2.75) is 66.0 Å². The Morgan fingerprint density at radius 1 is 1.22 bits per heavy atom. The molecule has 8 nitrogen and oxygen atoms in total. The van der Waals surface area contributed by atoms with Crippen molar-refractivity contribution in [3.63, 3.8) is 0 Å². The van der Waals surface area contributed by atoms with Crippen LogP contribution in [-0.2, 0) is 24.0 Å². The summed E-state index contributed by atoms with van der Waals surface area (Å²) in [5, 5.41) is 2.73. The highest BCUT2D eigenvalue weighted by Crippen LogP contribution is 2.10. The van der Waals surface area contributed by atoms with Gasteiger partial charge in [-0.2, -0.15) is 0 Å². The van der Waals surface area contributed by atoms with Gasteiger partial charge in [0.2, 0.25) is 0 Å². The van der Waals surface area contributed by atoms with Gasteiger partial charge in [0.15, 0.2) is 0 Å². The molecule has 0 rings (SSSR count). The third kappa shape index (κ3) is 8.18. The Balaban J connectivity index is 4.89. The maximum atomic E-state index is 12.1. The van der Waals surface area contributed by atoms with E-state index < -0.39 is 29.6 Å². The molecule has 3 amide bonds. The van der Waals surface area contributed by atoms with Crippen LogP contribution >= 0.6 is 0 Å². The molecule has 23 heavy (non-hydrogen) atoms. The molecular weight excluding hydrogens is 304 g/mol. The van der Waals surface area contributed by atoms with E-state index in [0.717, 1.165) is 0 Å². The molecule has 0 aliphatic rings. The average Bonchev–Trinajstić information content (AvgIpc) is 2.39. The summed E-state index contributed by atoms with van der Waals surface area (Å²) in [6.07, 6.45) is -0.0889. The fourth-order valence-electron chi connectivity index (χ4n) is 1.54. The van der Waals surface area contributed by atoms with Gasteiger partial charge in [-0.3, -0.25) is 9.59 Å². The number of carbonyl (C=O) groups excluding carboxylic acids is 4. The molecule has 0 aromatic heterocycles. The highest BCUT2D eigenvalue weighted by atomic mass is 16.7. The van der Waals surface area contributed by atoms with E-state index in [0.29, 0.717) is 11.5 Å². The molecule has 0 radical (unpaired) electrons. The Hall–Kier alpha value is -2.12. The van der Waals surface area contributed by atoms with E-state index in [1.807, 2.05) is 0 Å². The largest absolute Gasteiger partial charge is 0.444 e. The normalized spacial score (nSPS) is 12.3. The number of imide groups is 1. The first-order valence-electron chi connectivity index (χ1n) is 7.50. The highest BCUT2D eigenvalue weighted by Gasteiger charge is 2.31. The number of hydrogen-bond acceptors (Lipinski definition) is 6. The van der Waals surface area contributed by atoms with Crippen molar-refractivity contribution in [3.05, 3.63) is 0 Å². The minimum Gasteiger partial charge on any atom is -0.444 e. The molecule has 1 unspecified atom stereocenters. The summed E-state index contributed by atoms with van der Waals surface area (Å²) in [4.78, 5) is 51.2. The SMILES string of the molecule is CCCC(=O)N(C=O)OC(=O)C(NC(=O)OC(C)(C)C)C(C)C. The lowest BCUT2D eigenvalue weighted by Gasteiger charge is -2.25. The number of ether oxygens (including phenoxy) is 1. The standard InChI is InChI=1S/C15H26N2O6/c1-7-8-11(19)17(9-18)23-13(20)12(10(2)3)16-14(21)22-15(4,5)6/h9-10,12H,7-8H2,1-6H3,(H,16,21). The summed E-state index contributed by atoms with van der Waals surface area (Å²) in [7, 11) is 0. The van der Waals surface area contributed by atoms with Crippen LogP contribution in [0.3, 0.4) is 0 Å². The first-order chi connectivity index (χ1) is 10.5. The summed E-state index contributed by atoms with van der Waals surface area (Å²) in [5.74, 6) is -1.87. The molecule has 0 saturated heterocycles. The van der Waals surface area contributed by atoms with Crippen LogP contribution in [0.2, 0.25) is 0 Å². The van der Waals surface area contributed by atoms with Gasteiger partial charge in [-0.15, -0.1) is 5.06 Å². The Kier molecular flexibility index (Phi) is 8.28. The molecule has 1 N–H and O–H groups in total. The van der Waals surface area contributed by atoms with Gasteiger partial charge in [0.05, 0.1) is 0 Å². The lowest BCUT2D eigenvalue weighted by atomic mass is 10.1. The molecule has 0 aromatic carbocycles. The van der Waals surface area contributed by atoms with E-state index in [2.05, 4.69) is 5.32 Å². The Labute approximate surface area is 136 Å². The van der Waals surface area contributed by atoms with Gasteiger partial charge in [-0.25, -0.2) is 9.59 Å². The molecule has 1 atom stereocenters. The number of hydrogen-bond donors (Lipinski definition) is 1. The van der Waals surface area contributed by atoms with Crippen LogP contribution in [-0.4, -0.2) is 41.1 Å². The Morgan fingerprint density at radius 2 is 1.78 bits per heavy atom. The van der Waals surface area contributed by atoms with Crippen molar-refractivity contribution in [2.75, 3.05) is 0 Å². The maximum Gasteiger partial charge on any atom is 0.408 e. The van der Waals surface area contributed by atoms with E-state index in [4.69, 9.17) is 9.57 Å². The van der Waals surface area contributed by atoms with Gasteiger partial charge in [0.1, 0.15) is 11.6 Å². The lowest BCUT2D eigenvalue weighted by molar-refractivity contribution is -0.198. The summed E-state index contributed by atoms with van der Waals surface area (Å²) in [6.45, 7) is 10.2. The van der Waals surface area contributed by atoms with Gasteiger partial charge < -0.3 is 14.9 Å². The quantitative estimate of drug-likeness (QED) is 0.588. The molecule has 0 aromatic rings. The minimum atomic E-state index is -1.05. The molecule has 132 valence electrons. The van der Waals surface area contributed by atoms with Crippen LogP contribution in [0.4, 0.5) is 4.79 Å². The van der Waals surface area contributed by atoms with Crippen molar-refractivity contribution in [3.8, 4) is 0 Å². The van der Waals surface area contributed by atoms with Gasteiger partial charge in [-0.05, 0) is 33.1 Å². The number of amides is 3. The highest BCUT2D eigenvalue weighted by molar-refractivity contribution is 5.88. The number of alkyl carbamates (subject to hydrolysis) is 1. The molecule has 0 heterocycles. The van der Waals surface area contributed by atoms with Crippen LogP contribution in [0.15, 0.2) is 0 Å². The molecule has 0 aliphatic heterocycles. The monoisotopic (exact) mass is 330 g/mol. The van der Waals surface area contributed by atoms with E-state index in [1.165, 1.54) is 0 Å². The zero-order chi connectivity index (χ0) is 18.2. The van der Waals surface area contributed by atoms with E-state index >= 15 is 0 Å². The average molecular weight is 330 g/mol. The summed E-state index contributed by atoms with van der Waals surface area (Å²) >= 11 is 0. The third-order valence-electron chi connectivity index (χ3n) is 2.59. The molecular formula is C15H26N2O6. The number of nitrogens with zero attached hydrogens (tertiary/aromatic N) is 1. The molecule has 0 saturated carbocycles. The van der Waals surface area contributed by atoms with Crippen molar-refractivity contribution >= 4 is 24.4 Å². The number of rotatable bonds is 6. The second kappa shape index (κ2) is 9.12. The van der Waals surface area contributed by atoms with Crippen LogP contribution in [0.25, 0.3) is 0 Å². The Morgan fingerprint density at radius 3 is 2.17 bits per heavy atom. The van der Waals surface area contributed by atoms with Crippen molar-refractivity contribution < 1.29 is 28.8 Å². The van der Waals surface area contributed by atoms with Gasteiger partial charge in [-0.1, -0.05) is 20.8 Å². The van der Waals surface area contributed by atoms with E-state index in [-0.39, 0.29) is 18.7 Å². The summed E-state index contributed by atoms with van der Waals surface area (Å²) in [5.41, 5.74) is -0.721.